The van der Waals surface area contributed by atoms with Gasteiger partial charge in [-0.3, -0.25) is 4.79 Å². The van der Waals surface area contributed by atoms with Crippen molar-refractivity contribution in [3.8, 4) is 0 Å². The van der Waals surface area contributed by atoms with Crippen LogP contribution in [0.3, 0.4) is 0 Å². The Morgan fingerprint density at radius 1 is 1.38 bits per heavy atom. The maximum Gasteiger partial charge on any atom is 0.308 e. The van der Waals surface area contributed by atoms with E-state index < -0.39 is 0 Å². The summed E-state index contributed by atoms with van der Waals surface area (Å²) in [6.07, 6.45) is 1.78. The van der Waals surface area contributed by atoms with Crippen LogP contribution in [0.5, 0.6) is 0 Å². The fourth-order valence-electron chi connectivity index (χ4n) is 1.31. The second-order valence-corrected chi connectivity index (χ2v) is 3.74. The summed E-state index contributed by atoms with van der Waals surface area (Å²) >= 11 is 0. The Morgan fingerprint density at radius 2 is 2.06 bits per heavy atom. The van der Waals surface area contributed by atoms with E-state index in [0.29, 0.717) is 19.4 Å². The first kappa shape index (κ1) is 12.4. The fourth-order valence-corrected chi connectivity index (χ4v) is 1.31. The SMILES string of the molecule is C[C@@H](CCC=O)C(=O)OCc1ccccc1. The number of rotatable bonds is 6. The van der Waals surface area contributed by atoms with Crippen molar-refractivity contribution in [1.82, 2.24) is 0 Å². The lowest BCUT2D eigenvalue weighted by molar-refractivity contribution is -0.149. The molecule has 0 N–H and O–H groups in total. The minimum absolute atomic E-state index is 0.214. The van der Waals surface area contributed by atoms with E-state index in [9.17, 15) is 9.59 Å². The molecule has 0 aliphatic carbocycles. The number of aldehydes is 1. The Hall–Kier alpha value is -1.64. The predicted molar refractivity (Wildman–Crippen MR) is 60.7 cm³/mol. The highest BCUT2D eigenvalue weighted by atomic mass is 16.5. The lowest BCUT2D eigenvalue weighted by atomic mass is 10.1. The molecule has 0 radical (unpaired) electrons. The van der Waals surface area contributed by atoms with Crippen LogP contribution >= 0.6 is 0 Å². The molecular formula is C13H16O3. The van der Waals surface area contributed by atoms with Crippen molar-refractivity contribution < 1.29 is 14.3 Å². The molecule has 1 aromatic carbocycles. The molecule has 3 nitrogen and oxygen atoms in total. The van der Waals surface area contributed by atoms with Crippen LogP contribution in [0.1, 0.15) is 25.3 Å². The minimum atomic E-state index is -0.245. The van der Waals surface area contributed by atoms with Crippen molar-refractivity contribution in [2.24, 2.45) is 5.92 Å². The Bertz CT molecular complexity index is 332. The van der Waals surface area contributed by atoms with Crippen LogP contribution in [0.4, 0.5) is 0 Å². The number of benzene rings is 1. The van der Waals surface area contributed by atoms with Gasteiger partial charge in [0.05, 0.1) is 5.92 Å². The second kappa shape index (κ2) is 6.77. The molecule has 0 heterocycles. The summed E-state index contributed by atoms with van der Waals surface area (Å²) in [7, 11) is 0. The minimum Gasteiger partial charge on any atom is -0.461 e. The van der Waals surface area contributed by atoms with E-state index in [0.717, 1.165) is 11.8 Å². The smallest absolute Gasteiger partial charge is 0.308 e. The van der Waals surface area contributed by atoms with Crippen LogP contribution < -0.4 is 0 Å². The summed E-state index contributed by atoms with van der Waals surface area (Å²) in [6, 6.07) is 9.53. The van der Waals surface area contributed by atoms with E-state index >= 15 is 0 Å². The van der Waals surface area contributed by atoms with Gasteiger partial charge in [-0.2, -0.15) is 0 Å². The molecule has 0 spiro atoms. The molecule has 0 aromatic heterocycles. The number of ether oxygens (including phenoxy) is 1. The van der Waals surface area contributed by atoms with Crippen LogP contribution in [0.2, 0.25) is 0 Å². The Morgan fingerprint density at radius 3 is 2.69 bits per heavy atom. The van der Waals surface area contributed by atoms with Gasteiger partial charge in [-0.05, 0) is 12.0 Å². The maximum absolute atomic E-state index is 11.5. The largest absolute Gasteiger partial charge is 0.461 e. The van der Waals surface area contributed by atoms with Gasteiger partial charge in [0, 0.05) is 6.42 Å². The number of carbonyl (C=O) groups excluding carboxylic acids is 2. The van der Waals surface area contributed by atoms with E-state index in [-0.39, 0.29) is 11.9 Å². The van der Waals surface area contributed by atoms with Crippen molar-refractivity contribution in [1.29, 1.82) is 0 Å². The molecule has 3 heteroatoms. The molecule has 86 valence electrons. The fraction of sp³-hybridized carbons (Fsp3) is 0.385. The third-order valence-electron chi connectivity index (χ3n) is 2.34. The zero-order chi connectivity index (χ0) is 11.8. The van der Waals surface area contributed by atoms with Gasteiger partial charge in [0.2, 0.25) is 0 Å². The summed E-state index contributed by atoms with van der Waals surface area (Å²) in [6.45, 7) is 2.07. The first-order valence-electron chi connectivity index (χ1n) is 5.38. The number of hydrogen-bond donors (Lipinski definition) is 0. The molecule has 1 atom stereocenters. The quantitative estimate of drug-likeness (QED) is 0.546. The topological polar surface area (TPSA) is 43.4 Å². The number of esters is 1. The molecule has 0 saturated heterocycles. The molecule has 0 amide bonds. The van der Waals surface area contributed by atoms with Gasteiger partial charge in [0.25, 0.3) is 0 Å². The van der Waals surface area contributed by atoms with Gasteiger partial charge in [-0.1, -0.05) is 37.3 Å². The average Bonchev–Trinajstić information content (AvgIpc) is 2.34. The van der Waals surface area contributed by atoms with Crippen molar-refractivity contribution in [3.63, 3.8) is 0 Å². The molecule has 0 unspecified atom stereocenters. The van der Waals surface area contributed by atoms with Crippen molar-refractivity contribution in [2.45, 2.75) is 26.4 Å². The van der Waals surface area contributed by atoms with E-state index in [4.69, 9.17) is 4.74 Å². The molecule has 0 fully saturated rings. The molecule has 0 aliphatic heterocycles. The zero-order valence-electron chi connectivity index (χ0n) is 9.39. The van der Waals surface area contributed by atoms with Gasteiger partial charge in [-0.15, -0.1) is 0 Å². The van der Waals surface area contributed by atoms with Gasteiger partial charge in [0.15, 0.2) is 0 Å². The second-order valence-electron chi connectivity index (χ2n) is 3.74. The Kier molecular flexibility index (Phi) is 5.26. The average molecular weight is 220 g/mol. The highest BCUT2D eigenvalue weighted by Crippen LogP contribution is 2.09. The standard InChI is InChI=1S/C13H16O3/c1-11(6-5-9-14)13(15)16-10-12-7-3-2-4-8-12/h2-4,7-9,11H,5-6,10H2,1H3/t11-/m0/s1. The predicted octanol–water partition coefficient (Wildman–Crippen LogP) is 2.35. The summed E-state index contributed by atoms with van der Waals surface area (Å²) < 4.78 is 5.13. The highest BCUT2D eigenvalue weighted by molar-refractivity contribution is 5.72. The monoisotopic (exact) mass is 220 g/mol. The van der Waals surface area contributed by atoms with E-state index in [1.165, 1.54) is 0 Å². The van der Waals surface area contributed by atoms with Crippen LogP contribution in [0.15, 0.2) is 30.3 Å². The van der Waals surface area contributed by atoms with Crippen LogP contribution in [0.25, 0.3) is 0 Å². The van der Waals surface area contributed by atoms with Crippen molar-refractivity contribution in [2.75, 3.05) is 0 Å². The first-order valence-corrected chi connectivity index (χ1v) is 5.38. The lowest BCUT2D eigenvalue weighted by Gasteiger charge is -2.09. The summed E-state index contributed by atoms with van der Waals surface area (Å²) in [5.41, 5.74) is 0.971. The maximum atomic E-state index is 11.5. The Balaban J connectivity index is 2.32. The first-order chi connectivity index (χ1) is 7.74. The molecule has 0 bridgehead atoms. The van der Waals surface area contributed by atoms with Crippen molar-refractivity contribution in [3.05, 3.63) is 35.9 Å². The van der Waals surface area contributed by atoms with E-state index in [2.05, 4.69) is 0 Å². The van der Waals surface area contributed by atoms with Crippen LogP contribution in [-0.2, 0) is 20.9 Å². The normalized spacial score (nSPS) is 11.8. The van der Waals surface area contributed by atoms with E-state index in [1.807, 2.05) is 30.3 Å². The molecule has 1 rings (SSSR count). The summed E-state index contributed by atoms with van der Waals surface area (Å²) in [5.74, 6) is -0.459. The lowest BCUT2D eigenvalue weighted by Crippen LogP contribution is -2.14. The summed E-state index contributed by atoms with van der Waals surface area (Å²) in [5, 5.41) is 0. The third-order valence-corrected chi connectivity index (χ3v) is 2.34. The van der Waals surface area contributed by atoms with Gasteiger partial charge in [0.1, 0.15) is 12.9 Å². The summed E-state index contributed by atoms with van der Waals surface area (Å²) in [4.78, 5) is 21.6. The molecule has 1 aromatic rings. The highest BCUT2D eigenvalue weighted by Gasteiger charge is 2.13. The van der Waals surface area contributed by atoms with Gasteiger partial charge < -0.3 is 9.53 Å². The Labute approximate surface area is 95.4 Å². The van der Waals surface area contributed by atoms with Crippen LogP contribution in [-0.4, -0.2) is 12.3 Å². The van der Waals surface area contributed by atoms with Gasteiger partial charge in [-0.25, -0.2) is 0 Å². The van der Waals surface area contributed by atoms with Crippen molar-refractivity contribution >= 4 is 12.3 Å². The van der Waals surface area contributed by atoms with Crippen LogP contribution in [0, 0.1) is 5.92 Å². The molecule has 0 aliphatic rings. The number of hydrogen-bond acceptors (Lipinski definition) is 3. The van der Waals surface area contributed by atoms with E-state index in [1.54, 1.807) is 6.92 Å². The molecular weight excluding hydrogens is 204 g/mol. The molecule has 0 saturated carbocycles. The zero-order valence-corrected chi connectivity index (χ0v) is 9.39. The molecule has 16 heavy (non-hydrogen) atoms. The van der Waals surface area contributed by atoms with Gasteiger partial charge >= 0.3 is 5.97 Å². The number of carbonyl (C=O) groups is 2. The third kappa shape index (κ3) is 4.26.